The number of carboxylic acid groups (broad SMARTS) is 1. The molecule has 0 atom stereocenters. The largest absolute Gasteiger partial charge is 0.492 e. The molecule has 1 amide bonds. The Balaban J connectivity index is 1.51. The fourth-order valence-corrected chi connectivity index (χ4v) is 3.82. The van der Waals surface area contributed by atoms with Crippen LogP contribution < -0.4 is 14.5 Å². The van der Waals surface area contributed by atoms with Crippen molar-refractivity contribution in [3.63, 3.8) is 0 Å². The van der Waals surface area contributed by atoms with Gasteiger partial charge in [0.25, 0.3) is 0 Å². The number of benzene rings is 2. The normalized spacial score (nSPS) is 14.6. The first-order chi connectivity index (χ1) is 14.1. The third-order valence-electron chi connectivity index (χ3n) is 5.09. The highest BCUT2D eigenvalue weighted by molar-refractivity contribution is 6.30. The van der Waals surface area contributed by atoms with Crippen LogP contribution in [0.25, 0.3) is 0 Å². The first kappa shape index (κ1) is 21.3. The van der Waals surface area contributed by atoms with Crippen molar-refractivity contribution < 1.29 is 14.6 Å². The van der Waals surface area contributed by atoms with Crippen molar-refractivity contribution in [1.29, 1.82) is 0 Å². The van der Waals surface area contributed by atoms with Crippen LogP contribution in [0, 0.1) is 0 Å². The van der Waals surface area contributed by atoms with Gasteiger partial charge < -0.3 is 14.7 Å². The number of hydrogen-bond donors (Lipinski definition) is 1. The van der Waals surface area contributed by atoms with Crippen LogP contribution in [-0.2, 0) is 0 Å². The van der Waals surface area contributed by atoms with E-state index in [4.69, 9.17) is 16.3 Å². The molecule has 0 unspecified atom stereocenters. The maximum absolute atomic E-state index is 11.8. The minimum absolute atomic E-state index is 0.438. The Morgan fingerprint density at radius 2 is 1.90 bits per heavy atom. The van der Waals surface area contributed by atoms with Gasteiger partial charge in [-0.3, -0.25) is 9.80 Å². The summed E-state index contributed by atoms with van der Waals surface area (Å²) in [6, 6.07) is 15.2. The highest BCUT2D eigenvalue weighted by atomic mass is 35.5. The summed E-state index contributed by atoms with van der Waals surface area (Å²) in [5.74, 6) is 0.604. The Bertz CT molecular complexity index is 809. The van der Waals surface area contributed by atoms with Gasteiger partial charge in [-0.1, -0.05) is 29.8 Å². The van der Waals surface area contributed by atoms with Gasteiger partial charge in [0, 0.05) is 43.4 Å². The molecule has 29 heavy (non-hydrogen) atoms. The maximum Gasteiger partial charge on any atom is 0.411 e. The SMILES string of the molecule is CCOc1ccccc1N(CCCN1CCN(c2cccc(Cl)c2)CC1)C(=O)O. The van der Waals surface area contributed by atoms with Gasteiger partial charge in [0.05, 0.1) is 12.3 Å². The van der Waals surface area contributed by atoms with Gasteiger partial charge in [-0.2, -0.15) is 0 Å². The molecule has 0 bridgehead atoms. The molecule has 0 aromatic heterocycles. The molecule has 2 aromatic carbocycles. The molecule has 1 aliphatic heterocycles. The summed E-state index contributed by atoms with van der Waals surface area (Å²) in [6.45, 7) is 7.49. The molecule has 3 rings (SSSR count). The lowest BCUT2D eigenvalue weighted by Gasteiger charge is -2.36. The average Bonchev–Trinajstić information content (AvgIpc) is 2.72. The van der Waals surface area contributed by atoms with E-state index in [1.165, 1.54) is 4.90 Å². The number of ether oxygens (including phenoxy) is 1. The standard InChI is InChI=1S/C22H28ClN3O3/c1-2-29-21-10-4-3-9-20(21)26(22(27)28)12-6-11-24-13-15-25(16-14-24)19-8-5-7-18(23)17-19/h3-5,7-10,17H,2,6,11-16H2,1H3,(H,27,28). The van der Waals surface area contributed by atoms with E-state index < -0.39 is 6.09 Å². The van der Waals surface area contributed by atoms with E-state index in [2.05, 4.69) is 15.9 Å². The minimum Gasteiger partial charge on any atom is -0.492 e. The van der Waals surface area contributed by atoms with Gasteiger partial charge in [-0.05, 0) is 50.2 Å². The molecule has 0 spiro atoms. The van der Waals surface area contributed by atoms with Crippen LogP contribution in [0.4, 0.5) is 16.2 Å². The summed E-state index contributed by atoms with van der Waals surface area (Å²) in [6.07, 6.45) is -0.188. The van der Waals surface area contributed by atoms with Crippen molar-refractivity contribution >= 4 is 29.1 Å². The highest BCUT2D eigenvalue weighted by Crippen LogP contribution is 2.28. The van der Waals surface area contributed by atoms with Crippen LogP contribution in [0.5, 0.6) is 5.75 Å². The average molecular weight is 418 g/mol. The van der Waals surface area contributed by atoms with E-state index in [9.17, 15) is 9.90 Å². The molecule has 7 heteroatoms. The van der Waals surface area contributed by atoms with Gasteiger partial charge in [0.15, 0.2) is 0 Å². The second-order valence-corrected chi connectivity index (χ2v) is 7.43. The van der Waals surface area contributed by atoms with Crippen molar-refractivity contribution in [2.75, 3.05) is 55.7 Å². The molecular formula is C22H28ClN3O3. The summed E-state index contributed by atoms with van der Waals surface area (Å²) < 4.78 is 5.60. The zero-order valence-corrected chi connectivity index (χ0v) is 17.5. The van der Waals surface area contributed by atoms with Crippen molar-refractivity contribution in [2.24, 2.45) is 0 Å². The molecule has 2 aromatic rings. The predicted octanol–water partition coefficient (Wildman–Crippen LogP) is 4.44. The highest BCUT2D eigenvalue weighted by Gasteiger charge is 2.20. The number of hydrogen-bond acceptors (Lipinski definition) is 4. The van der Waals surface area contributed by atoms with Crippen molar-refractivity contribution in [2.45, 2.75) is 13.3 Å². The summed E-state index contributed by atoms with van der Waals surface area (Å²) in [7, 11) is 0. The Labute approximate surface area is 177 Å². The third-order valence-corrected chi connectivity index (χ3v) is 5.32. The zero-order valence-electron chi connectivity index (χ0n) is 16.8. The zero-order chi connectivity index (χ0) is 20.6. The molecule has 0 saturated carbocycles. The maximum atomic E-state index is 11.8. The Kier molecular flexibility index (Phi) is 7.61. The van der Waals surface area contributed by atoms with E-state index in [-0.39, 0.29) is 0 Å². The van der Waals surface area contributed by atoms with Gasteiger partial charge in [0.1, 0.15) is 5.75 Å². The fraction of sp³-hybridized carbons (Fsp3) is 0.409. The molecule has 156 valence electrons. The molecule has 1 aliphatic rings. The quantitative estimate of drug-likeness (QED) is 0.688. The number of para-hydroxylation sites is 2. The second kappa shape index (κ2) is 10.4. The monoisotopic (exact) mass is 417 g/mol. The second-order valence-electron chi connectivity index (χ2n) is 7.00. The third kappa shape index (κ3) is 5.78. The summed E-state index contributed by atoms with van der Waals surface area (Å²) in [5.41, 5.74) is 1.76. The lowest BCUT2D eigenvalue weighted by atomic mass is 10.2. The topological polar surface area (TPSA) is 56.2 Å². The molecule has 1 fully saturated rings. The van der Waals surface area contributed by atoms with E-state index in [0.717, 1.165) is 49.9 Å². The fourth-order valence-electron chi connectivity index (χ4n) is 3.63. The first-order valence-electron chi connectivity index (χ1n) is 10.0. The van der Waals surface area contributed by atoms with Crippen LogP contribution >= 0.6 is 11.6 Å². The van der Waals surface area contributed by atoms with Crippen molar-refractivity contribution in [3.8, 4) is 5.75 Å². The smallest absolute Gasteiger partial charge is 0.411 e. The van der Waals surface area contributed by atoms with Gasteiger partial charge >= 0.3 is 6.09 Å². The molecule has 1 heterocycles. The number of carbonyl (C=O) groups is 1. The Hall–Kier alpha value is -2.44. The van der Waals surface area contributed by atoms with Gasteiger partial charge in [-0.25, -0.2) is 4.79 Å². The Morgan fingerprint density at radius 1 is 1.14 bits per heavy atom. The molecular weight excluding hydrogens is 390 g/mol. The number of anilines is 2. The molecule has 0 aliphatic carbocycles. The summed E-state index contributed by atoms with van der Waals surface area (Å²) >= 11 is 6.10. The number of nitrogens with zero attached hydrogens (tertiary/aromatic N) is 3. The van der Waals surface area contributed by atoms with Crippen LogP contribution in [0.2, 0.25) is 5.02 Å². The summed E-state index contributed by atoms with van der Waals surface area (Å²) in [4.78, 5) is 17.9. The molecule has 6 nitrogen and oxygen atoms in total. The van der Waals surface area contributed by atoms with Crippen molar-refractivity contribution in [3.05, 3.63) is 53.6 Å². The van der Waals surface area contributed by atoms with Crippen LogP contribution in [0.15, 0.2) is 48.5 Å². The number of piperazine rings is 1. The van der Waals surface area contributed by atoms with E-state index in [0.29, 0.717) is 24.6 Å². The molecule has 1 saturated heterocycles. The van der Waals surface area contributed by atoms with Crippen LogP contribution in [0.3, 0.4) is 0 Å². The number of rotatable bonds is 8. The predicted molar refractivity (Wildman–Crippen MR) is 118 cm³/mol. The van der Waals surface area contributed by atoms with E-state index in [1.54, 1.807) is 6.07 Å². The number of amides is 1. The van der Waals surface area contributed by atoms with Gasteiger partial charge in [0.2, 0.25) is 0 Å². The van der Waals surface area contributed by atoms with Crippen molar-refractivity contribution in [1.82, 2.24) is 4.90 Å². The summed E-state index contributed by atoms with van der Waals surface area (Å²) in [5, 5.41) is 10.4. The molecule has 1 N–H and O–H groups in total. The molecule has 0 radical (unpaired) electrons. The lowest BCUT2D eigenvalue weighted by molar-refractivity contribution is 0.200. The Morgan fingerprint density at radius 3 is 2.59 bits per heavy atom. The van der Waals surface area contributed by atoms with Crippen LogP contribution in [0.1, 0.15) is 13.3 Å². The van der Waals surface area contributed by atoms with Gasteiger partial charge in [-0.15, -0.1) is 0 Å². The first-order valence-corrected chi connectivity index (χ1v) is 10.4. The van der Waals surface area contributed by atoms with E-state index in [1.807, 2.05) is 43.3 Å². The number of halogens is 1. The lowest BCUT2D eigenvalue weighted by Crippen LogP contribution is -2.47. The van der Waals surface area contributed by atoms with Crippen LogP contribution in [-0.4, -0.2) is 62.0 Å². The minimum atomic E-state index is -0.956. The van der Waals surface area contributed by atoms with E-state index >= 15 is 0 Å².